The molecule has 7 heteroatoms. The topological polar surface area (TPSA) is 75.7 Å². The van der Waals surface area contributed by atoms with E-state index in [0.29, 0.717) is 31.4 Å². The minimum atomic E-state index is -0.951. The van der Waals surface area contributed by atoms with E-state index in [0.717, 1.165) is 50.0 Å². The van der Waals surface area contributed by atoms with Gasteiger partial charge < -0.3 is 15.0 Å². The van der Waals surface area contributed by atoms with Gasteiger partial charge in [-0.25, -0.2) is 4.39 Å². The van der Waals surface area contributed by atoms with Crippen molar-refractivity contribution in [1.82, 2.24) is 5.32 Å². The van der Waals surface area contributed by atoms with E-state index in [4.69, 9.17) is 4.74 Å². The second-order valence-corrected chi connectivity index (χ2v) is 8.88. The van der Waals surface area contributed by atoms with Crippen molar-refractivity contribution in [3.05, 3.63) is 65.5 Å². The first-order valence-corrected chi connectivity index (χ1v) is 11.5. The molecule has 2 heterocycles. The van der Waals surface area contributed by atoms with Gasteiger partial charge in [-0.1, -0.05) is 12.1 Å². The highest BCUT2D eigenvalue weighted by Crippen LogP contribution is 2.39. The maximum absolute atomic E-state index is 13.5. The fraction of sp³-hybridized carbons (Fsp3) is 0.423. The van der Waals surface area contributed by atoms with Crippen molar-refractivity contribution < 1.29 is 23.5 Å². The molecule has 4 rings (SSSR count). The van der Waals surface area contributed by atoms with E-state index < -0.39 is 11.5 Å². The van der Waals surface area contributed by atoms with Crippen LogP contribution in [0.3, 0.4) is 0 Å². The third-order valence-electron chi connectivity index (χ3n) is 6.89. The molecule has 1 amide bonds. The van der Waals surface area contributed by atoms with E-state index in [1.807, 2.05) is 0 Å². The minimum Gasteiger partial charge on any atom is -0.456 e. The summed E-state index contributed by atoms with van der Waals surface area (Å²) in [6, 6.07) is 13.3. The van der Waals surface area contributed by atoms with Crippen LogP contribution < -0.4 is 10.2 Å². The first-order chi connectivity index (χ1) is 16.0. The Hall–Kier alpha value is -3.06. The second-order valence-electron chi connectivity index (χ2n) is 8.88. The molecule has 0 saturated carbocycles. The lowest BCUT2D eigenvalue weighted by molar-refractivity contribution is -0.132. The smallest absolute Gasteiger partial charge is 0.293 e. The van der Waals surface area contributed by atoms with E-state index in [-0.39, 0.29) is 17.5 Å². The summed E-state index contributed by atoms with van der Waals surface area (Å²) in [5.41, 5.74) is 1.74. The number of hydrogen-bond donors (Lipinski definition) is 1. The molecule has 0 radical (unpaired) electrons. The van der Waals surface area contributed by atoms with Gasteiger partial charge in [0.05, 0.1) is 0 Å². The van der Waals surface area contributed by atoms with Crippen LogP contribution in [0.25, 0.3) is 0 Å². The molecule has 2 aromatic rings. The molecule has 2 aromatic carbocycles. The van der Waals surface area contributed by atoms with Crippen LogP contribution in [0.5, 0.6) is 0 Å². The van der Waals surface area contributed by atoms with Gasteiger partial charge >= 0.3 is 0 Å². The van der Waals surface area contributed by atoms with Crippen molar-refractivity contribution >= 4 is 23.9 Å². The number of anilines is 1. The fourth-order valence-corrected chi connectivity index (χ4v) is 5.01. The quantitative estimate of drug-likeness (QED) is 0.487. The summed E-state index contributed by atoms with van der Waals surface area (Å²) in [4.78, 5) is 38.6. The lowest BCUT2D eigenvalue weighted by Crippen LogP contribution is -2.44. The molecular formula is C26H29FN2O4. The molecule has 2 aliphatic rings. The Kier molecular flexibility index (Phi) is 7.18. The number of carbonyl (C=O) groups is 3. The summed E-state index contributed by atoms with van der Waals surface area (Å²) in [7, 11) is 0. The number of hydrogen-bond acceptors (Lipinski definition) is 5. The molecule has 0 spiro atoms. The van der Waals surface area contributed by atoms with Crippen molar-refractivity contribution in [2.24, 2.45) is 0 Å². The number of amides is 1. The molecule has 2 aliphatic heterocycles. The van der Waals surface area contributed by atoms with Gasteiger partial charge in [0.25, 0.3) is 6.47 Å². The Balaban J connectivity index is 1.56. The van der Waals surface area contributed by atoms with Crippen LogP contribution in [0.1, 0.15) is 54.4 Å². The van der Waals surface area contributed by atoms with Gasteiger partial charge in [0.15, 0.2) is 6.10 Å². The van der Waals surface area contributed by atoms with Crippen molar-refractivity contribution in [3.8, 4) is 0 Å². The molecular weight excluding hydrogens is 423 g/mol. The molecule has 1 atom stereocenters. The van der Waals surface area contributed by atoms with Crippen LogP contribution in [-0.2, 0) is 19.7 Å². The molecule has 174 valence electrons. The first-order valence-electron chi connectivity index (χ1n) is 11.5. The highest BCUT2D eigenvalue weighted by atomic mass is 19.1. The van der Waals surface area contributed by atoms with Gasteiger partial charge in [-0.05, 0) is 80.7 Å². The van der Waals surface area contributed by atoms with Crippen LogP contribution >= 0.6 is 0 Å². The van der Waals surface area contributed by atoms with E-state index in [1.54, 1.807) is 41.3 Å². The van der Waals surface area contributed by atoms with Crippen LogP contribution in [0.15, 0.2) is 48.5 Å². The van der Waals surface area contributed by atoms with Crippen molar-refractivity contribution in [2.75, 3.05) is 24.5 Å². The monoisotopic (exact) mass is 452 g/mol. The summed E-state index contributed by atoms with van der Waals surface area (Å²) in [6.07, 6.45) is 3.28. The zero-order chi connectivity index (χ0) is 23.3. The van der Waals surface area contributed by atoms with Gasteiger partial charge in [0, 0.05) is 36.1 Å². The number of halogens is 1. The fourth-order valence-electron chi connectivity index (χ4n) is 5.01. The number of ketones is 1. The molecule has 0 aliphatic carbocycles. The molecule has 0 aromatic heterocycles. The number of nitrogens with zero attached hydrogens (tertiary/aromatic N) is 1. The second kappa shape index (κ2) is 10.3. The van der Waals surface area contributed by atoms with Crippen molar-refractivity contribution in [3.63, 3.8) is 0 Å². The SMILES string of the molecule is O=COC(CC1(c2ccc(F)cc2)CCNCC1)C(=O)c1ccc(N2CCCCC2=O)cc1. The number of rotatable bonds is 8. The predicted molar refractivity (Wildman–Crippen MR) is 123 cm³/mol. The Morgan fingerprint density at radius 3 is 2.42 bits per heavy atom. The normalized spacial score (nSPS) is 19.1. The van der Waals surface area contributed by atoms with E-state index in [1.165, 1.54) is 12.1 Å². The highest BCUT2D eigenvalue weighted by molar-refractivity contribution is 6.01. The third-order valence-corrected chi connectivity index (χ3v) is 6.89. The molecule has 6 nitrogen and oxygen atoms in total. The summed E-state index contributed by atoms with van der Waals surface area (Å²) < 4.78 is 18.8. The van der Waals surface area contributed by atoms with Crippen LogP contribution in [0.4, 0.5) is 10.1 Å². The van der Waals surface area contributed by atoms with E-state index in [9.17, 15) is 18.8 Å². The zero-order valence-corrected chi connectivity index (χ0v) is 18.6. The Morgan fingerprint density at radius 2 is 1.79 bits per heavy atom. The van der Waals surface area contributed by atoms with Gasteiger partial charge in [-0.3, -0.25) is 14.4 Å². The molecule has 0 bridgehead atoms. The van der Waals surface area contributed by atoms with Crippen molar-refractivity contribution in [2.45, 2.75) is 50.0 Å². The number of carbonyl (C=O) groups excluding carboxylic acids is 3. The van der Waals surface area contributed by atoms with Crippen LogP contribution in [-0.4, -0.2) is 43.9 Å². The molecule has 2 saturated heterocycles. The zero-order valence-electron chi connectivity index (χ0n) is 18.6. The Labute approximate surface area is 193 Å². The maximum atomic E-state index is 13.5. The average molecular weight is 453 g/mol. The van der Waals surface area contributed by atoms with Gasteiger partial charge in [0.2, 0.25) is 11.7 Å². The molecule has 1 unspecified atom stereocenters. The lowest BCUT2D eigenvalue weighted by atomic mass is 9.69. The van der Waals surface area contributed by atoms with E-state index in [2.05, 4.69) is 5.32 Å². The minimum absolute atomic E-state index is 0.0923. The predicted octanol–water partition coefficient (Wildman–Crippen LogP) is 3.78. The van der Waals surface area contributed by atoms with Gasteiger partial charge in [-0.2, -0.15) is 0 Å². The Bertz CT molecular complexity index is 984. The number of Topliss-reactive ketones (excluding diaryl/α,β-unsaturated/α-hetero) is 1. The number of ether oxygens (including phenoxy) is 1. The van der Waals surface area contributed by atoms with Crippen LogP contribution in [0.2, 0.25) is 0 Å². The Morgan fingerprint density at radius 1 is 1.09 bits per heavy atom. The lowest BCUT2D eigenvalue weighted by Gasteiger charge is -2.40. The standard InChI is InChI=1S/C26H29FN2O4/c27-21-8-6-20(7-9-21)26(12-14-28-15-13-26)17-23(33-18-30)25(32)19-4-10-22(11-5-19)29-16-2-1-3-24(29)31/h4-11,18,23,28H,1-3,12-17H2. The average Bonchev–Trinajstić information content (AvgIpc) is 2.85. The van der Waals surface area contributed by atoms with E-state index >= 15 is 0 Å². The third kappa shape index (κ3) is 5.14. The molecule has 33 heavy (non-hydrogen) atoms. The van der Waals surface area contributed by atoms with Gasteiger partial charge in [-0.15, -0.1) is 0 Å². The number of benzene rings is 2. The number of piperidine rings is 2. The maximum Gasteiger partial charge on any atom is 0.293 e. The largest absolute Gasteiger partial charge is 0.456 e. The summed E-state index contributed by atoms with van der Waals surface area (Å²) >= 11 is 0. The summed E-state index contributed by atoms with van der Waals surface area (Å²) in [5, 5.41) is 3.33. The summed E-state index contributed by atoms with van der Waals surface area (Å²) in [5.74, 6) is -0.500. The van der Waals surface area contributed by atoms with Crippen molar-refractivity contribution in [1.29, 1.82) is 0 Å². The van der Waals surface area contributed by atoms with Gasteiger partial charge in [0.1, 0.15) is 5.82 Å². The number of nitrogens with one attached hydrogen (secondary N) is 1. The molecule has 2 fully saturated rings. The summed E-state index contributed by atoms with van der Waals surface area (Å²) in [6.45, 7) is 2.52. The molecule has 1 N–H and O–H groups in total. The van der Waals surface area contributed by atoms with Crippen LogP contribution in [0, 0.1) is 5.82 Å². The highest BCUT2D eigenvalue weighted by Gasteiger charge is 2.39. The first kappa shape index (κ1) is 23.1.